The first-order valence-corrected chi connectivity index (χ1v) is 9.35. The van der Waals surface area contributed by atoms with Crippen LogP contribution in [0.4, 0.5) is 5.69 Å². The van der Waals surface area contributed by atoms with Crippen molar-refractivity contribution in [2.75, 3.05) is 12.4 Å². The van der Waals surface area contributed by atoms with Crippen LogP contribution in [0.25, 0.3) is 0 Å². The van der Waals surface area contributed by atoms with E-state index in [9.17, 15) is 0 Å². The van der Waals surface area contributed by atoms with Gasteiger partial charge in [-0.05, 0) is 57.4 Å². The van der Waals surface area contributed by atoms with Gasteiger partial charge in [-0.1, -0.05) is 48.0 Å². The van der Waals surface area contributed by atoms with Crippen LogP contribution < -0.4 is 14.8 Å². The molecule has 0 fully saturated rings. The molecule has 0 spiro atoms. The summed E-state index contributed by atoms with van der Waals surface area (Å²) in [6.45, 7) is 1.13. The summed E-state index contributed by atoms with van der Waals surface area (Å²) in [4.78, 5) is 0. The van der Waals surface area contributed by atoms with Crippen molar-refractivity contribution in [3.63, 3.8) is 0 Å². The Labute approximate surface area is 167 Å². The third kappa shape index (κ3) is 4.93. The summed E-state index contributed by atoms with van der Waals surface area (Å²) in [5.74, 6) is 1.39. The summed E-state index contributed by atoms with van der Waals surface area (Å²) in [5.41, 5.74) is 3.14. The number of rotatable bonds is 7. The van der Waals surface area contributed by atoms with Crippen molar-refractivity contribution in [2.45, 2.75) is 13.2 Å². The van der Waals surface area contributed by atoms with Crippen LogP contribution in [0, 0.1) is 0 Å². The van der Waals surface area contributed by atoms with Crippen molar-refractivity contribution >= 4 is 33.2 Å². The Bertz CT molecular complexity index is 871. The van der Waals surface area contributed by atoms with Crippen LogP contribution in [0.1, 0.15) is 11.1 Å². The van der Waals surface area contributed by atoms with Gasteiger partial charge in [0, 0.05) is 17.3 Å². The first kappa shape index (κ1) is 18.6. The number of ether oxygens (including phenoxy) is 2. The van der Waals surface area contributed by atoms with Gasteiger partial charge in [0.15, 0.2) is 11.5 Å². The Balaban J connectivity index is 1.72. The highest BCUT2D eigenvalue weighted by Gasteiger charge is 2.12. The largest absolute Gasteiger partial charge is 0.493 e. The Hall–Kier alpha value is -2.17. The Morgan fingerprint density at radius 3 is 2.50 bits per heavy atom. The van der Waals surface area contributed by atoms with Gasteiger partial charge < -0.3 is 14.8 Å². The molecule has 0 aromatic heterocycles. The first-order valence-electron chi connectivity index (χ1n) is 8.18. The molecule has 0 bridgehead atoms. The second kappa shape index (κ2) is 8.97. The lowest BCUT2D eigenvalue weighted by Gasteiger charge is -2.15. The van der Waals surface area contributed by atoms with Crippen molar-refractivity contribution in [1.82, 2.24) is 0 Å². The SMILES string of the molecule is COc1cc(CNc2cccc(Cl)c2)cc(Br)c1OCc1ccccc1. The van der Waals surface area contributed by atoms with Crippen molar-refractivity contribution in [3.05, 3.63) is 87.4 Å². The third-order valence-electron chi connectivity index (χ3n) is 3.84. The highest BCUT2D eigenvalue weighted by atomic mass is 79.9. The zero-order valence-corrected chi connectivity index (χ0v) is 16.7. The maximum Gasteiger partial charge on any atom is 0.175 e. The fraction of sp³-hybridized carbons (Fsp3) is 0.143. The predicted molar refractivity (Wildman–Crippen MR) is 110 cm³/mol. The third-order valence-corrected chi connectivity index (χ3v) is 4.66. The van der Waals surface area contributed by atoms with E-state index in [1.54, 1.807) is 7.11 Å². The highest BCUT2D eigenvalue weighted by molar-refractivity contribution is 9.10. The molecular formula is C21H19BrClNO2. The smallest absolute Gasteiger partial charge is 0.175 e. The van der Waals surface area contributed by atoms with E-state index >= 15 is 0 Å². The monoisotopic (exact) mass is 431 g/mol. The minimum Gasteiger partial charge on any atom is -0.493 e. The molecule has 3 rings (SSSR count). The number of nitrogens with one attached hydrogen (secondary N) is 1. The number of methoxy groups -OCH3 is 1. The predicted octanol–water partition coefficient (Wildman–Crippen LogP) is 6.30. The topological polar surface area (TPSA) is 30.5 Å². The van der Waals surface area contributed by atoms with Crippen LogP contribution >= 0.6 is 27.5 Å². The molecule has 26 heavy (non-hydrogen) atoms. The summed E-state index contributed by atoms with van der Waals surface area (Å²) < 4.78 is 12.3. The highest BCUT2D eigenvalue weighted by Crippen LogP contribution is 2.37. The molecule has 0 saturated heterocycles. The minimum atomic E-state index is 0.482. The number of hydrogen-bond acceptors (Lipinski definition) is 3. The molecule has 0 aliphatic carbocycles. The molecule has 0 unspecified atom stereocenters. The van der Waals surface area contributed by atoms with E-state index in [0.717, 1.165) is 21.3 Å². The van der Waals surface area contributed by atoms with Crippen molar-refractivity contribution in [1.29, 1.82) is 0 Å². The van der Waals surface area contributed by atoms with Gasteiger partial charge in [0.1, 0.15) is 6.61 Å². The summed E-state index contributed by atoms with van der Waals surface area (Å²) >= 11 is 9.62. The second-order valence-electron chi connectivity index (χ2n) is 5.75. The molecule has 3 aromatic carbocycles. The van der Waals surface area contributed by atoms with E-state index in [4.69, 9.17) is 21.1 Å². The van der Waals surface area contributed by atoms with Gasteiger partial charge in [-0.15, -0.1) is 0 Å². The molecular weight excluding hydrogens is 414 g/mol. The fourth-order valence-electron chi connectivity index (χ4n) is 2.55. The van der Waals surface area contributed by atoms with Gasteiger partial charge in [0.25, 0.3) is 0 Å². The Morgan fingerprint density at radius 2 is 1.77 bits per heavy atom. The molecule has 0 radical (unpaired) electrons. The van der Waals surface area contributed by atoms with Crippen molar-refractivity contribution in [3.8, 4) is 11.5 Å². The normalized spacial score (nSPS) is 10.4. The molecule has 0 aliphatic heterocycles. The number of anilines is 1. The zero-order chi connectivity index (χ0) is 18.4. The average Bonchev–Trinajstić information content (AvgIpc) is 2.66. The number of hydrogen-bond donors (Lipinski definition) is 1. The minimum absolute atomic E-state index is 0.482. The van der Waals surface area contributed by atoms with E-state index < -0.39 is 0 Å². The lowest BCUT2D eigenvalue weighted by molar-refractivity contribution is 0.282. The lowest BCUT2D eigenvalue weighted by Crippen LogP contribution is -2.02. The van der Waals surface area contributed by atoms with Crippen LogP contribution in [-0.4, -0.2) is 7.11 Å². The van der Waals surface area contributed by atoms with Crippen molar-refractivity contribution < 1.29 is 9.47 Å². The number of benzene rings is 3. The summed E-state index contributed by atoms with van der Waals surface area (Å²) in [5, 5.41) is 4.06. The maximum absolute atomic E-state index is 6.02. The lowest BCUT2D eigenvalue weighted by atomic mass is 10.2. The summed E-state index contributed by atoms with van der Waals surface area (Å²) in [7, 11) is 1.64. The molecule has 3 nitrogen and oxygen atoms in total. The number of halogens is 2. The molecule has 134 valence electrons. The quantitative estimate of drug-likeness (QED) is 0.475. The Morgan fingerprint density at radius 1 is 0.962 bits per heavy atom. The van der Waals surface area contributed by atoms with Gasteiger partial charge in [0.05, 0.1) is 11.6 Å². The van der Waals surface area contributed by atoms with E-state index in [1.807, 2.05) is 66.7 Å². The molecule has 0 saturated carbocycles. The fourth-order valence-corrected chi connectivity index (χ4v) is 3.34. The molecule has 0 heterocycles. The average molecular weight is 433 g/mol. The zero-order valence-electron chi connectivity index (χ0n) is 14.3. The van der Waals surface area contributed by atoms with Crippen molar-refractivity contribution in [2.24, 2.45) is 0 Å². The second-order valence-corrected chi connectivity index (χ2v) is 7.04. The van der Waals surface area contributed by atoms with E-state index in [2.05, 4.69) is 21.2 Å². The molecule has 1 N–H and O–H groups in total. The summed E-state index contributed by atoms with van der Waals surface area (Å²) in [6.07, 6.45) is 0. The van der Waals surface area contributed by atoms with Gasteiger partial charge in [-0.3, -0.25) is 0 Å². The summed E-state index contributed by atoms with van der Waals surface area (Å²) in [6, 6.07) is 21.7. The molecule has 5 heteroatoms. The van der Waals surface area contributed by atoms with Crippen LogP contribution in [0.15, 0.2) is 71.2 Å². The van der Waals surface area contributed by atoms with Gasteiger partial charge in [-0.2, -0.15) is 0 Å². The molecule has 0 amide bonds. The molecule has 3 aromatic rings. The van der Waals surface area contributed by atoms with E-state index in [-0.39, 0.29) is 0 Å². The van der Waals surface area contributed by atoms with Crippen LogP contribution in [0.5, 0.6) is 11.5 Å². The van der Waals surface area contributed by atoms with Gasteiger partial charge in [-0.25, -0.2) is 0 Å². The standard InChI is InChI=1S/C21H19BrClNO2/c1-25-20-11-16(13-24-18-9-5-8-17(23)12-18)10-19(22)21(20)26-14-15-6-3-2-4-7-15/h2-12,24H,13-14H2,1H3. The van der Waals surface area contributed by atoms with Crippen LogP contribution in [0.3, 0.4) is 0 Å². The molecule has 0 aliphatic rings. The first-order chi connectivity index (χ1) is 12.7. The van der Waals surface area contributed by atoms with E-state index in [0.29, 0.717) is 29.7 Å². The Kier molecular flexibility index (Phi) is 6.42. The van der Waals surface area contributed by atoms with Crippen LogP contribution in [-0.2, 0) is 13.2 Å². The maximum atomic E-state index is 6.02. The molecule has 0 atom stereocenters. The van der Waals surface area contributed by atoms with Gasteiger partial charge >= 0.3 is 0 Å². The van der Waals surface area contributed by atoms with Crippen LogP contribution in [0.2, 0.25) is 5.02 Å². The van der Waals surface area contributed by atoms with Gasteiger partial charge in [0.2, 0.25) is 0 Å². The van der Waals surface area contributed by atoms with E-state index in [1.165, 1.54) is 0 Å².